The minimum atomic E-state index is -0.778. The topological polar surface area (TPSA) is 88.1 Å². The van der Waals surface area contributed by atoms with Crippen LogP contribution in [0.2, 0.25) is 0 Å². The highest BCUT2D eigenvalue weighted by molar-refractivity contribution is 5.98. The standard InChI is InChI=1S/C18H26N2O5/c1-11(2)10-25-18(23)20-9-13(21)8-15(20)17(22)19-14-7-12(3)5-6-16(14)24-4/h5-7,11,13,15,21H,8-10H2,1-4H3,(H,19,22)/t13-,15+/m1/s1. The molecule has 1 aromatic rings. The van der Waals surface area contributed by atoms with Crippen LogP contribution >= 0.6 is 0 Å². The monoisotopic (exact) mass is 350 g/mol. The van der Waals surface area contributed by atoms with Crippen molar-refractivity contribution in [2.75, 3.05) is 25.6 Å². The van der Waals surface area contributed by atoms with Crippen molar-refractivity contribution in [3.63, 3.8) is 0 Å². The number of rotatable bonds is 5. The molecule has 1 aliphatic rings. The number of carbonyl (C=O) groups excluding carboxylic acids is 2. The molecule has 0 aliphatic carbocycles. The number of β-amino-alcohol motifs (C(OH)–C–C–N with tert-alkyl or cyclic N) is 1. The summed E-state index contributed by atoms with van der Waals surface area (Å²) >= 11 is 0. The van der Waals surface area contributed by atoms with Gasteiger partial charge < -0.3 is 19.9 Å². The first-order valence-electron chi connectivity index (χ1n) is 8.38. The second-order valence-electron chi connectivity index (χ2n) is 6.72. The summed E-state index contributed by atoms with van der Waals surface area (Å²) < 4.78 is 10.5. The van der Waals surface area contributed by atoms with Crippen LogP contribution < -0.4 is 10.1 Å². The number of likely N-dealkylation sites (tertiary alicyclic amines) is 1. The second kappa shape index (κ2) is 8.20. The lowest BCUT2D eigenvalue weighted by atomic mass is 10.1. The molecule has 2 rings (SSSR count). The van der Waals surface area contributed by atoms with Crippen LogP contribution in [0, 0.1) is 12.8 Å². The molecule has 2 N–H and O–H groups in total. The van der Waals surface area contributed by atoms with E-state index in [1.54, 1.807) is 12.1 Å². The van der Waals surface area contributed by atoms with Gasteiger partial charge in [-0.1, -0.05) is 19.9 Å². The van der Waals surface area contributed by atoms with Crippen molar-refractivity contribution in [3.05, 3.63) is 23.8 Å². The minimum absolute atomic E-state index is 0.0833. The normalized spacial score (nSPS) is 19.8. The van der Waals surface area contributed by atoms with E-state index in [4.69, 9.17) is 9.47 Å². The molecular weight excluding hydrogens is 324 g/mol. The van der Waals surface area contributed by atoms with Gasteiger partial charge in [0.1, 0.15) is 11.8 Å². The number of anilines is 1. The lowest BCUT2D eigenvalue weighted by Gasteiger charge is -2.24. The Balaban J connectivity index is 2.11. The van der Waals surface area contributed by atoms with Crippen LogP contribution in [0.1, 0.15) is 25.8 Å². The first-order valence-corrected chi connectivity index (χ1v) is 8.38. The zero-order valence-electron chi connectivity index (χ0n) is 15.1. The van der Waals surface area contributed by atoms with Crippen molar-refractivity contribution in [2.45, 2.75) is 39.3 Å². The predicted molar refractivity (Wildman–Crippen MR) is 93.7 cm³/mol. The number of hydrogen-bond donors (Lipinski definition) is 2. The van der Waals surface area contributed by atoms with Crippen molar-refractivity contribution < 1.29 is 24.2 Å². The van der Waals surface area contributed by atoms with Gasteiger partial charge in [0.2, 0.25) is 5.91 Å². The highest BCUT2D eigenvalue weighted by Crippen LogP contribution is 2.27. The molecule has 1 heterocycles. The summed E-state index contributed by atoms with van der Waals surface area (Å²) in [6.07, 6.45) is -1.15. The van der Waals surface area contributed by atoms with Crippen LogP contribution in [-0.4, -0.2) is 54.4 Å². The van der Waals surface area contributed by atoms with Crippen LogP contribution in [0.25, 0.3) is 0 Å². The average Bonchev–Trinajstić information content (AvgIpc) is 2.95. The summed E-state index contributed by atoms with van der Waals surface area (Å²) in [5.41, 5.74) is 1.50. The van der Waals surface area contributed by atoms with Crippen molar-refractivity contribution in [2.24, 2.45) is 5.92 Å². The molecule has 1 fully saturated rings. The third-order valence-electron chi connectivity index (χ3n) is 3.97. The molecule has 2 amide bonds. The summed E-state index contributed by atoms with van der Waals surface area (Å²) in [6.45, 7) is 6.12. The van der Waals surface area contributed by atoms with Gasteiger partial charge in [-0.2, -0.15) is 0 Å². The Labute approximate surface area is 147 Å². The predicted octanol–water partition coefficient (Wildman–Crippen LogP) is 2.17. The molecule has 0 bridgehead atoms. The second-order valence-corrected chi connectivity index (χ2v) is 6.72. The summed E-state index contributed by atoms with van der Waals surface area (Å²) in [7, 11) is 1.52. The van der Waals surface area contributed by atoms with Crippen LogP contribution in [0.4, 0.5) is 10.5 Å². The smallest absolute Gasteiger partial charge is 0.410 e. The van der Waals surface area contributed by atoms with Crippen molar-refractivity contribution in [1.29, 1.82) is 0 Å². The maximum atomic E-state index is 12.7. The molecule has 7 heteroatoms. The van der Waals surface area contributed by atoms with Crippen LogP contribution in [-0.2, 0) is 9.53 Å². The number of benzene rings is 1. The zero-order chi connectivity index (χ0) is 18.6. The first-order chi connectivity index (χ1) is 11.8. The van der Waals surface area contributed by atoms with E-state index >= 15 is 0 Å². The molecule has 1 aromatic carbocycles. The number of carbonyl (C=O) groups is 2. The van der Waals surface area contributed by atoms with E-state index in [-0.39, 0.29) is 31.4 Å². The van der Waals surface area contributed by atoms with Gasteiger partial charge in [0.25, 0.3) is 0 Å². The fourth-order valence-corrected chi connectivity index (χ4v) is 2.72. The molecule has 7 nitrogen and oxygen atoms in total. The van der Waals surface area contributed by atoms with Gasteiger partial charge in [0, 0.05) is 6.42 Å². The fraction of sp³-hybridized carbons (Fsp3) is 0.556. The van der Waals surface area contributed by atoms with E-state index in [1.165, 1.54) is 12.0 Å². The number of amides is 2. The van der Waals surface area contributed by atoms with Gasteiger partial charge >= 0.3 is 6.09 Å². The van der Waals surface area contributed by atoms with Gasteiger partial charge in [-0.15, -0.1) is 0 Å². The molecule has 2 atom stereocenters. The Bertz CT molecular complexity index is 632. The van der Waals surface area contributed by atoms with Crippen molar-refractivity contribution >= 4 is 17.7 Å². The number of nitrogens with one attached hydrogen (secondary N) is 1. The summed E-state index contributed by atoms with van der Waals surface area (Å²) in [5, 5.41) is 12.7. The molecule has 0 unspecified atom stereocenters. The molecule has 0 radical (unpaired) electrons. The van der Waals surface area contributed by atoms with E-state index in [9.17, 15) is 14.7 Å². The lowest BCUT2D eigenvalue weighted by molar-refractivity contribution is -0.120. The van der Waals surface area contributed by atoms with E-state index in [0.29, 0.717) is 11.4 Å². The number of hydrogen-bond acceptors (Lipinski definition) is 5. The minimum Gasteiger partial charge on any atom is -0.495 e. The number of methoxy groups -OCH3 is 1. The number of aliphatic hydroxyl groups excluding tert-OH is 1. The Kier molecular flexibility index (Phi) is 6.25. The van der Waals surface area contributed by atoms with Crippen molar-refractivity contribution in [1.82, 2.24) is 4.90 Å². The fourth-order valence-electron chi connectivity index (χ4n) is 2.72. The van der Waals surface area contributed by atoms with Crippen molar-refractivity contribution in [3.8, 4) is 5.75 Å². The summed E-state index contributed by atoms with van der Waals surface area (Å²) in [5.74, 6) is 0.355. The van der Waals surface area contributed by atoms with Gasteiger partial charge in [-0.25, -0.2) is 4.79 Å². The third-order valence-corrected chi connectivity index (χ3v) is 3.97. The highest BCUT2D eigenvalue weighted by Gasteiger charge is 2.40. The maximum Gasteiger partial charge on any atom is 0.410 e. The molecule has 138 valence electrons. The van der Waals surface area contributed by atoms with Gasteiger partial charge in [0.05, 0.1) is 32.1 Å². The van der Waals surface area contributed by atoms with Crippen LogP contribution in [0.3, 0.4) is 0 Å². The summed E-state index contributed by atoms with van der Waals surface area (Å²) in [6, 6.07) is 4.66. The Hall–Kier alpha value is -2.28. The molecule has 1 saturated heterocycles. The zero-order valence-corrected chi connectivity index (χ0v) is 15.1. The molecule has 0 saturated carbocycles. The Morgan fingerprint density at radius 2 is 2.12 bits per heavy atom. The summed E-state index contributed by atoms with van der Waals surface area (Å²) in [4.78, 5) is 26.2. The van der Waals surface area contributed by atoms with E-state index in [0.717, 1.165) is 5.56 Å². The quantitative estimate of drug-likeness (QED) is 0.850. The average molecular weight is 350 g/mol. The number of aliphatic hydroxyl groups is 1. The number of nitrogens with zero attached hydrogens (tertiary/aromatic N) is 1. The third kappa shape index (κ3) is 4.85. The van der Waals surface area contributed by atoms with Gasteiger partial charge in [-0.3, -0.25) is 9.69 Å². The Morgan fingerprint density at radius 3 is 2.76 bits per heavy atom. The van der Waals surface area contributed by atoms with Gasteiger partial charge in [0.15, 0.2) is 0 Å². The highest BCUT2D eigenvalue weighted by atomic mass is 16.6. The maximum absolute atomic E-state index is 12.7. The first kappa shape index (κ1) is 19.1. The lowest BCUT2D eigenvalue weighted by Crippen LogP contribution is -2.43. The van der Waals surface area contributed by atoms with Crippen LogP contribution in [0.5, 0.6) is 5.75 Å². The molecular formula is C18H26N2O5. The SMILES string of the molecule is COc1ccc(C)cc1NC(=O)[C@@H]1C[C@@H](O)CN1C(=O)OCC(C)C. The Morgan fingerprint density at radius 1 is 1.40 bits per heavy atom. The largest absolute Gasteiger partial charge is 0.495 e. The molecule has 25 heavy (non-hydrogen) atoms. The van der Waals surface area contributed by atoms with E-state index in [2.05, 4.69) is 5.32 Å². The van der Waals surface area contributed by atoms with Crippen LogP contribution in [0.15, 0.2) is 18.2 Å². The number of aryl methyl sites for hydroxylation is 1. The molecule has 1 aliphatic heterocycles. The number of ether oxygens (including phenoxy) is 2. The molecule has 0 spiro atoms. The van der Waals surface area contributed by atoms with E-state index in [1.807, 2.05) is 26.8 Å². The van der Waals surface area contributed by atoms with E-state index < -0.39 is 18.2 Å². The van der Waals surface area contributed by atoms with Gasteiger partial charge in [-0.05, 0) is 30.5 Å². The molecule has 0 aromatic heterocycles.